The van der Waals surface area contributed by atoms with Crippen LogP contribution in [0.25, 0.3) is 0 Å². The lowest BCUT2D eigenvalue weighted by molar-refractivity contribution is 0.156. The molecule has 3 nitrogen and oxygen atoms in total. The van der Waals surface area contributed by atoms with E-state index >= 15 is 0 Å². The maximum atomic E-state index is 5.42. The Morgan fingerprint density at radius 3 is 3.00 bits per heavy atom. The number of hydrogen-bond acceptors (Lipinski definition) is 4. The van der Waals surface area contributed by atoms with E-state index in [2.05, 4.69) is 23.8 Å². The minimum absolute atomic E-state index is 0.348. The summed E-state index contributed by atoms with van der Waals surface area (Å²) in [5, 5.41) is 3.42. The fraction of sp³-hybridized carbons (Fsp3) is 0.583. The molecule has 1 N–H and O–H groups in total. The van der Waals surface area contributed by atoms with Gasteiger partial charge in [0.2, 0.25) is 0 Å². The van der Waals surface area contributed by atoms with E-state index in [1.165, 1.54) is 4.88 Å². The molecule has 4 heteroatoms. The second-order valence-corrected chi connectivity index (χ2v) is 4.87. The molecule has 0 fully saturated rings. The predicted octanol–water partition coefficient (Wildman–Crippen LogP) is 2.69. The van der Waals surface area contributed by atoms with Crippen molar-refractivity contribution in [3.63, 3.8) is 0 Å². The number of nitrogens with zero attached hydrogens (tertiary/aromatic N) is 1. The smallest absolute Gasteiger partial charge is 0.0798 e. The first kappa shape index (κ1) is 13.4. The number of rotatable bonds is 7. The van der Waals surface area contributed by atoms with Gasteiger partial charge in [0.05, 0.1) is 24.4 Å². The molecule has 0 aliphatic rings. The van der Waals surface area contributed by atoms with Crippen molar-refractivity contribution in [1.29, 1.82) is 0 Å². The molecule has 1 atom stereocenters. The molecule has 1 unspecified atom stereocenters. The summed E-state index contributed by atoms with van der Waals surface area (Å²) >= 11 is 1.70. The molecular weight excluding hydrogens is 220 g/mol. The van der Waals surface area contributed by atoms with Gasteiger partial charge in [-0.05, 0) is 20.8 Å². The Labute approximate surface area is 102 Å². The van der Waals surface area contributed by atoms with E-state index in [9.17, 15) is 0 Å². The highest BCUT2D eigenvalue weighted by atomic mass is 32.1. The average Bonchev–Trinajstić information content (AvgIpc) is 2.63. The van der Waals surface area contributed by atoms with Crippen LogP contribution in [0.5, 0.6) is 0 Å². The normalized spacial score (nSPS) is 12.7. The molecule has 0 aromatic carbocycles. The number of nitrogens with one attached hydrogen (secondary N) is 1. The van der Waals surface area contributed by atoms with Crippen molar-refractivity contribution in [2.24, 2.45) is 0 Å². The Hall–Kier alpha value is -0.710. The summed E-state index contributed by atoms with van der Waals surface area (Å²) in [7, 11) is 0. The molecule has 0 radical (unpaired) electrons. The van der Waals surface area contributed by atoms with Crippen molar-refractivity contribution >= 4 is 11.3 Å². The van der Waals surface area contributed by atoms with Gasteiger partial charge >= 0.3 is 0 Å². The lowest BCUT2D eigenvalue weighted by atomic mass is 10.2. The fourth-order valence-corrected chi connectivity index (χ4v) is 2.25. The van der Waals surface area contributed by atoms with Crippen LogP contribution < -0.4 is 5.32 Å². The first-order valence-corrected chi connectivity index (χ1v) is 6.34. The molecule has 0 aliphatic heterocycles. The van der Waals surface area contributed by atoms with Gasteiger partial charge in [0.1, 0.15) is 0 Å². The lowest BCUT2D eigenvalue weighted by Crippen LogP contribution is -2.23. The summed E-state index contributed by atoms with van der Waals surface area (Å²) in [4.78, 5) is 5.55. The van der Waals surface area contributed by atoms with Crippen molar-refractivity contribution in [2.75, 3.05) is 19.8 Å². The quantitative estimate of drug-likeness (QED) is 0.588. The molecule has 90 valence electrons. The number of aryl methyl sites for hydroxylation is 1. The topological polar surface area (TPSA) is 34.1 Å². The Kier molecular flexibility index (Phi) is 5.66. The van der Waals surface area contributed by atoms with Gasteiger partial charge in [-0.25, -0.2) is 4.98 Å². The van der Waals surface area contributed by atoms with Crippen molar-refractivity contribution in [2.45, 2.75) is 26.8 Å². The third-order valence-electron chi connectivity index (χ3n) is 2.22. The van der Waals surface area contributed by atoms with Crippen LogP contribution in [0.2, 0.25) is 0 Å². The minimum atomic E-state index is 0.348. The van der Waals surface area contributed by atoms with Gasteiger partial charge in [-0.3, -0.25) is 0 Å². The lowest BCUT2D eigenvalue weighted by Gasteiger charge is -2.12. The van der Waals surface area contributed by atoms with Crippen molar-refractivity contribution in [1.82, 2.24) is 10.3 Å². The van der Waals surface area contributed by atoms with Gasteiger partial charge in [-0.15, -0.1) is 11.3 Å². The third-order valence-corrected chi connectivity index (χ3v) is 3.34. The number of thiazole rings is 1. The number of aromatic nitrogens is 1. The molecule has 0 saturated carbocycles. The van der Waals surface area contributed by atoms with Gasteiger partial charge in [-0.2, -0.15) is 0 Å². The highest BCUT2D eigenvalue weighted by Crippen LogP contribution is 2.20. The Morgan fingerprint density at radius 2 is 2.44 bits per heavy atom. The first-order valence-electron chi connectivity index (χ1n) is 5.46. The summed E-state index contributed by atoms with van der Waals surface area (Å²) in [5.74, 6) is 0. The maximum Gasteiger partial charge on any atom is 0.0798 e. The van der Waals surface area contributed by atoms with Gasteiger partial charge < -0.3 is 10.1 Å². The standard InChI is InChI=1S/C12H20N2OS/c1-9(2)7-15-6-5-13-10(3)12-11(4)14-8-16-12/h8,10,13H,1,5-7H2,2-4H3. The molecular formula is C12H20N2OS. The summed E-state index contributed by atoms with van der Waals surface area (Å²) in [6.45, 7) is 12.2. The monoisotopic (exact) mass is 240 g/mol. The Morgan fingerprint density at radius 1 is 1.69 bits per heavy atom. The second kappa shape index (κ2) is 6.78. The molecule has 1 heterocycles. The number of hydrogen-bond donors (Lipinski definition) is 1. The molecule has 0 aliphatic carbocycles. The van der Waals surface area contributed by atoms with Crippen molar-refractivity contribution in [3.8, 4) is 0 Å². The Bertz CT molecular complexity index is 336. The highest BCUT2D eigenvalue weighted by Gasteiger charge is 2.09. The van der Waals surface area contributed by atoms with E-state index in [1.807, 2.05) is 19.4 Å². The third kappa shape index (κ3) is 4.43. The van der Waals surface area contributed by atoms with Crippen LogP contribution >= 0.6 is 11.3 Å². The van der Waals surface area contributed by atoms with Gasteiger partial charge in [0.25, 0.3) is 0 Å². The van der Waals surface area contributed by atoms with E-state index in [1.54, 1.807) is 11.3 Å². The highest BCUT2D eigenvalue weighted by molar-refractivity contribution is 7.09. The van der Waals surface area contributed by atoms with Crippen LogP contribution in [0, 0.1) is 6.92 Å². The number of ether oxygens (including phenoxy) is 1. The van der Waals surface area contributed by atoms with E-state index < -0.39 is 0 Å². The molecule has 16 heavy (non-hydrogen) atoms. The SMILES string of the molecule is C=C(C)COCCNC(C)c1scnc1C. The van der Waals surface area contributed by atoms with Gasteiger partial charge in [-0.1, -0.05) is 12.2 Å². The first-order chi connectivity index (χ1) is 7.61. The van der Waals surface area contributed by atoms with Crippen LogP contribution in [0.15, 0.2) is 17.7 Å². The molecule has 0 bridgehead atoms. The zero-order chi connectivity index (χ0) is 12.0. The zero-order valence-corrected chi connectivity index (χ0v) is 11.1. The largest absolute Gasteiger partial charge is 0.376 e. The molecule has 0 saturated heterocycles. The van der Waals surface area contributed by atoms with Crippen LogP contribution in [0.1, 0.15) is 30.5 Å². The summed E-state index contributed by atoms with van der Waals surface area (Å²) < 4.78 is 5.42. The molecule has 1 aromatic rings. The van der Waals surface area contributed by atoms with E-state index in [-0.39, 0.29) is 0 Å². The molecule has 1 aromatic heterocycles. The van der Waals surface area contributed by atoms with Gasteiger partial charge in [0, 0.05) is 17.5 Å². The second-order valence-electron chi connectivity index (χ2n) is 3.99. The van der Waals surface area contributed by atoms with Crippen molar-refractivity contribution in [3.05, 3.63) is 28.2 Å². The van der Waals surface area contributed by atoms with Gasteiger partial charge in [0.15, 0.2) is 0 Å². The minimum Gasteiger partial charge on any atom is -0.376 e. The zero-order valence-electron chi connectivity index (χ0n) is 10.2. The molecule has 0 spiro atoms. The maximum absolute atomic E-state index is 5.42. The summed E-state index contributed by atoms with van der Waals surface area (Å²) in [5.41, 5.74) is 4.07. The predicted molar refractivity (Wildman–Crippen MR) is 68.9 cm³/mol. The Balaban J connectivity index is 2.18. The van der Waals surface area contributed by atoms with Crippen LogP contribution in [0.4, 0.5) is 0 Å². The average molecular weight is 240 g/mol. The summed E-state index contributed by atoms with van der Waals surface area (Å²) in [6.07, 6.45) is 0. The molecule has 0 amide bonds. The summed E-state index contributed by atoms with van der Waals surface area (Å²) in [6, 6.07) is 0.348. The molecule has 1 rings (SSSR count). The van der Waals surface area contributed by atoms with Crippen LogP contribution in [-0.4, -0.2) is 24.7 Å². The van der Waals surface area contributed by atoms with Crippen molar-refractivity contribution < 1.29 is 4.74 Å². The van der Waals surface area contributed by atoms with E-state index in [4.69, 9.17) is 4.74 Å². The fourth-order valence-electron chi connectivity index (χ4n) is 1.41. The van der Waals surface area contributed by atoms with E-state index in [0.717, 1.165) is 24.4 Å². The van der Waals surface area contributed by atoms with E-state index in [0.29, 0.717) is 12.6 Å². The van der Waals surface area contributed by atoms with Crippen LogP contribution in [0.3, 0.4) is 0 Å². The van der Waals surface area contributed by atoms with Crippen LogP contribution in [-0.2, 0) is 4.74 Å².